The van der Waals surface area contributed by atoms with Gasteiger partial charge in [-0.15, -0.1) is 0 Å². The van der Waals surface area contributed by atoms with E-state index >= 15 is 0 Å². The Hall–Kier alpha value is -2.18. The van der Waals surface area contributed by atoms with Crippen LogP contribution in [0.2, 0.25) is 0 Å². The molecule has 1 atom stereocenters. The second kappa shape index (κ2) is 7.80. The van der Waals surface area contributed by atoms with Crippen molar-refractivity contribution >= 4 is 5.91 Å². The molecule has 134 valence electrons. The van der Waals surface area contributed by atoms with Crippen molar-refractivity contribution in [3.8, 4) is 0 Å². The monoisotopic (exact) mass is 342 g/mol. The number of ether oxygens (including phenoxy) is 1. The van der Waals surface area contributed by atoms with Crippen LogP contribution in [-0.2, 0) is 18.3 Å². The minimum absolute atomic E-state index is 0.00531. The zero-order chi connectivity index (χ0) is 17.8. The molecule has 1 aromatic heterocycles. The maximum Gasteiger partial charge on any atom is 0.271 e. The number of hydrogen-bond donors (Lipinski definition) is 1. The van der Waals surface area contributed by atoms with Gasteiger partial charge in [-0.3, -0.25) is 14.4 Å². The summed E-state index contributed by atoms with van der Waals surface area (Å²) in [5.74, 6) is -0.156. The standard InChI is InChI=1S/C19H26N4O2/c1-14-5-4-6-15(2)17(14)13-23-9-10-25-16(12-23)11-20-19(24)18-7-8-22(3)21-18/h4-8,16H,9-13H2,1-3H3,(H,20,24). The molecule has 1 aliphatic rings. The Bertz CT molecular complexity index is 721. The maximum atomic E-state index is 12.1. The zero-order valence-electron chi connectivity index (χ0n) is 15.2. The summed E-state index contributed by atoms with van der Waals surface area (Å²) in [6.07, 6.45) is 1.77. The van der Waals surface area contributed by atoms with Gasteiger partial charge in [0.05, 0.1) is 12.7 Å². The van der Waals surface area contributed by atoms with E-state index in [1.807, 2.05) is 0 Å². The van der Waals surface area contributed by atoms with Crippen molar-refractivity contribution < 1.29 is 9.53 Å². The lowest BCUT2D eigenvalue weighted by atomic mass is 10.0. The summed E-state index contributed by atoms with van der Waals surface area (Å²) in [6, 6.07) is 8.13. The second-order valence-electron chi connectivity index (χ2n) is 6.68. The summed E-state index contributed by atoms with van der Waals surface area (Å²) < 4.78 is 7.44. The number of carbonyl (C=O) groups excluding carboxylic acids is 1. The van der Waals surface area contributed by atoms with E-state index < -0.39 is 0 Å². The summed E-state index contributed by atoms with van der Waals surface area (Å²) in [6.45, 7) is 8.16. The van der Waals surface area contributed by atoms with Crippen LogP contribution in [0.4, 0.5) is 0 Å². The van der Waals surface area contributed by atoms with Crippen LogP contribution in [0.25, 0.3) is 0 Å². The lowest BCUT2D eigenvalue weighted by molar-refractivity contribution is -0.0293. The summed E-state index contributed by atoms with van der Waals surface area (Å²) in [4.78, 5) is 14.5. The first kappa shape index (κ1) is 17.6. The topological polar surface area (TPSA) is 59.4 Å². The highest BCUT2D eigenvalue weighted by molar-refractivity contribution is 5.92. The van der Waals surface area contributed by atoms with Crippen molar-refractivity contribution in [3.63, 3.8) is 0 Å². The summed E-state index contributed by atoms with van der Waals surface area (Å²) in [7, 11) is 1.80. The first-order valence-corrected chi connectivity index (χ1v) is 8.70. The van der Waals surface area contributed by atoms with E-state index in [2.05, 4.69) is 47.4 Å². The third-order valence-corrected chi connectivity index (χ3v) is 4.69. The molecule has 6 nitrogen and oxygen atoms in total. The van der Waals surface area contributed by atoms with Gasteiger partial charge in [-0.1, -0.05) is 18.2 Å². The minimum Gasteiger partial charge on any atom is -0.374 e. The molecule has 0 aliphatic carbocycles. The van der Waals surface area contributed by atoms with E-state index in [9.17, 15) is 4.79 Å². The molecule has 0 bridgehead atoms. The number of nitrogens with zero attached hydrogens (tertiary/aromatic N) is 3. The van der Waals surface area contributed by atoms with Crippen molar-refractivity contribution in [1.29, 1.82) is 0 Å². The van der Waals surface area contributed by atoms with Gasteiger partial charge in [-0.05, 0) is 36.6 Å². The predicted molar refractivity (Wildman–Crippen MR) is 96.5 cm³/mol. The van der Waals surface area contributed by atoms with E-state index in [0.29, 0.717) is 18.8 Å². The average molecular weight is 342 g/mol. The van der Waals surface area contributed by atoms with Crippen molar-refractivity contribution in [2.45, 2.75) is 26.5 Å². The van der Waals surface area contributed by atoms with Crippen LogP contribution < -0.4 is 5.32 Å². The molecule has 6 heteroatoms. The van der Waals surface area contributed by atoms with Gasteiger partial charge in [0.2, 0.25) is 0 Å². The highest BCUT2D eigenvalue weighted by atomic mass is 16.5. The largest absolute Gasteiger partial charge is 0.374 e. The Morgan fingerprint density at radius 3 is 2.76 bits per heavy atom. The number of aryl methyl sites for hydroxylation is 3. The molecule has 1 saturated heterocycles. The lowest BCUT2D eigenvalue weighted by Gasteiger charge is -2.33. The molecule has 1 unspecified atom stereocenters. The van der Waals surface area contributed by atoms with Crippen molar-refractivity contribution in [2.75, 3.05) is 26.2 Å². The molecular formula is C19H26N4O2. The van der Waals surface area contributed by atoms with Gasteiger partial charge in [0.25, 0.3) is 5.91 Å². The number of aromatic nitrogens is 2. The highest BCUT2D eigenvalue weighted by Crippen LogP contribution is 2.17. The Labute approximate surface area is 148 Å². The summed E-state index contributed by atoms with van der Waals surface area (Å²) in [5.41, 5.74) is 4.48. The van der Waals surface area contributed by atoms with Crippen molar-refractivity contribution in [1.82, 2.24) is 20.0 Å². The van der Waals surface area contributed by atoms with Gasteiger partial charge in [-0.2, -0.15) is 5.10 Å². The zero-order valence-corrected chi connectivity index (χ0v) is 15.2. The number of morpholine rings is 1. The number of benzene rings is 1. The van der Waals surface area contributed by atoms with E-state index in [1.54, 1.807) is 24.0 Å². The molecule has 2 heterocycles. The third kappa shape index (κ3) is 4.46. The van der Waals surface area contributed by atoms with Crippen LogP contribution >= 0.6 is 0 Å². The van der Waals surface area contributed by atoms with Crippen LogP contribution in [-0.4, -0.2) is 52.9 Å². The van der Waals surface area contributed by atoms with E-state index in [0.717, 1.165) is 19.6 Å². The molecule has 0 saturated carbocycles. The highest BCUT2D eigenvalue weighted by Gasteiger charge is 2.22. The third-order valence-electron chi connectivity index (χ3n) is 4.69. The number of amides is 1. The van der Waals surface area contributed by atoms with Gasteiger partial charge in [0.15, 0.2) is 0 Å². The molecule has 3 rings (SSSR count). The first-order chi connectivity index (χ1) is 12.0. The predicted octanol–water partition coefficient (Wildman–Crippen LogP) is 1.67. The molecule has 1 aromatic carbocycles. The normalized spacial score (nSPS) is 18.3. The van der Waals surface area contributed by atoms with E-state index in [4.69, 9.17) is 4.74 Å². The summed E-state index contributed by atoms with van der Waals surface area (Å²) >= 11 is 0. The van der Waals surface area contributed by atoms with Crippen LogP contribution in [0.15, 0.2) is 30.5 Å². The number of rotatable bonds is 5. The molecular weight excluding hydrogens is 316 g/mol. The van der Waals surface area contributed by atoms with Crippen LogP contribution in [0.5, 0.6) is 0 Å². The quantitative estimate of drug-likeness (QED) is 0.898. The Balaban J connectivity index is 1.53. The van der Waals surface area contributed by atoms with Crippen LogP contribution in [0.1, 0.15) is 27.2 Å². The van der Waals surface area contributed by atoms with Gasteiger partial charge >= 0.3 is 0 Å². The molecule has 25 heavy (non-hydrogen) atoms. The molecule has 2 aromatic rings. The average Bonchev–Trinajstić information content (AvgIpc) is 3.03. The lowest BCUT2D eigenvalue weighted by Crippen LogP contribution is -2.47. The van der Waals surface area contributed by atoms with Gasteiger partial charge in [0.1, 0.15) is 5.69 Å². The molecule has 1 aliphatic heterocycles. The molecule has 0 spiro atoms. The van der Waals surface area contributed by atoms with Crippen molar-refractivity contribution in [3.05, 3.63) is 52.8 Å². The molecule has 1 N–H and O–H groups in total. The van der Waals surface area contributed by atoms with E-state index in [-0.39, 0.29) is 12.0 Å². The fourth-order valence-corrected chi connectivity index (χ4v) is 3.20. The van der Waals surface area contributed by atoms with Crippen LogP contribution in [0.3, 0.4) is 0 Å². The van der Waals surface area contributed by atoms with Crippen LogP contribution in [0, 0.1) is 13.8 Å². The molecule has 0 radical (unpaired) electrons. The van der Waals surface area contributed by atoms with Gasteiger partial charge < -0.3 is 10.1 Å². The SMILES string of the molecule is Cc1cccc(C)c1CN1CCOC(CNC(=O)c2ccn(C)n2)C1. The maximum absolute atomic E-state index is 12.1. The van der Waals surface area contributed by atoms with Gasteiger partial charge in [-0.25, -0.2) is 0 Å². The molecule has 1 fully saturated rings. The number of nitrogens with one attached hydrogen (secondary N) is 1. The second-order valence-corrected chi connectivity index (χ2v) is 6.68. The molecule has 1 amide bonds. The van der Waals surface area contributed by atoms with Gasteiger partial charge in [0, 0.05) is 39.4 Å². The number of carbonyl (C=O) groups is 1. The summed E-state index contributed by atoms with van der Waals surface area (Å²) in [5, 5.41) is 7.04. The van der Waals surface area contributed by atoms with Crippen molar-refractivity contribution in [2.24, 2.45) is 7.05 Å². The van der Waals surface area contributed by atoms with E-state index in [1.165, 1.54) is 16.7 Å². The fourth-order valence-electron chi connectivity index (χ4n) is 3.20. The number of hydrogen-bond acceptors (Lipinski definition) is 4. The Morgan fingerprint density at radius 1 is 1.32 bits per heavy atom. The fraction of sp³-hybridized carbons (Fsp3) is 0.474. The Kier molecular flexibility index (Phi) is 5.50. The minimum atomic E-state index is -0.156. The Morgan fingerprint density at radius 2 is 2.08 bits per heavy atom. The first-order valence-electron chi connectivity index (χ1n) is 8.70. The smallest absolute Gasteiger partial charge is 0.271 e.